The van der Waals surface area contributed by atoms with Gasteiger partial charge in [-0.15, -0.1) is 0 Å². The highest BCUT2D eigenvalue weighted by molar-refractivity contribution is 5.93. The smallest absolute Gasteiger partial charge is 0.339 e. The van der Waals surface area contributed by atoms with Crippen molar-refractivity contribution < 1.29 is 15.0 Å². The number of carboxylic acid groups (broad SMARTS) is 1. The third-order valence-corrected chi connectivity index (χ3v) is 1.81. The van der Waals surface area contributed by atoms with Crippen molar-refractivity contribution in [3.05, 3.63) is 23.9 Å². The molecule has 0 bridgehead atoms. The topological polar surface area (TPSA) is 73.7 Å². The molecule has 0 atom stereocenters. The van der Waals surface area contributed by atoms with Crippen LogP contribution in [0.15, 0.2) is 18.3 Å². The summed E-state index contributed by atoms with van der Waals surface area (Å²) >= 11 is 0. The Bertz CT molecular complexity index is 328. The van der Waals surface area contributed by atoms with E-state index in [1.165, 1.54) is 12.3 Å². The quantitative estimate of drug-likeness (QED) is 0.720. The van der Waals surface area contributed by atoms with Crippen molar-refractivity contribution in [3.8, 4) is 0 Å². The highest BCUT2D eigenvalue weighted by Gasteiger charge is 2.13. The van der Waals surface area contributed by atoms with Crippen LogP contribution < -0.4 is 4.90 Å². The molecule has 1 rings (SSSR count). The maximum atomic E-state index is 10.8. The number of carbonyl (C=O) groups is 1. The number of aromatic nitrogens is 1. The standard InChI is InChI=1S/C9H12N2O3/c1-11(5-6-12)8-7(9(13)14)3-2-4-10-8/h2-4,12H,5-6H2,1H3,(H,13,14). The highest BCUT2D eigenvalue weighted by atomic mass is 16.4. The Kier molecular flexibility index (Phi) is 3.41. The van der Waals surface area contributed by atoms with Crippen LogP contribution in [0.25, 0.3) is 0 Å². The lowest BCUT2D eigenvalue weighted by Gasteiger charge is -2.18. The van der Waals surface area contributed by atoms with Crippen molar-refractivity contribution in [2.24, 2.45) is 0 Å². The van der Waals surface area contributed by atoms with Crippen LogP contribution in [0.3, 0.4) is 0 Å². The molecule has 0 saturated carbocycles. The lowest BCUT2D eigenvalue weighted by Crippen LogP contribution is -2.24. The molecule has 0 radical (unpaired) electrons. The van der Waals surface area contributed by atoms with Gasteiger partial charge in [-0.1, -0.05) is 0 Å². The van der Waals surface area contributed by atoms with Crippen LogP contribution in [0, 0.1) is 0 Å². The summed E-state index contributed by atoms with van der Waals surface area (Å²) in [6.45, 7) is 0.323. The average Bonchev–Trinajstić information content (AvgIpc) is 2.18. The van der Waals surface area contributed by atoms with Crippen LogP contribution in [-0.2, 0) is 0 Å². The number of aliphatic hydroxyl groups excluding tert-OH is 1. The van der Waals surface area contributed by atoms with Gasteiger partial charge < -0.3 is 15.1 Å². The molecule has 1 heterocycles. The maximum absolute atomic E-state index is 10.8. The number of rotatable bonds is 4. The molecule has 0 unspecified atom stereocenters. The summed E-state index contributed by atoms with van der Waals surface area (Å²) in [7, 11) is 1.69. The largest absolute Gasteiger partial charge is 0.478 e. The predicted octanol–water partition coefficient (Wildman–Crippen LogP) is 0.208. The molecule has 0 aliphatic heterocycles. The molecule has 0 aliphatic carbocycles. The lowest BCUT2D eigenvalue weighted by molar-refractivity contribution is 0.0697. The Morgan fingerprint density at radius 3 is 2.93 bits per heavy atom. The Morgan fingerprint density at radius 1 is 1.64 bits per heavy atom. The zero-order valence-corrected chi connectivity index (χ0v) is 7.84. The third kappa shape index (κ3) is 2.20. The van der Waals surface area contributed by atoms with Gasteiger partial charge in [-0.3, -0.25) is 0 Å². The molecular weight excluding hydrogens is 184 g/mol. The van der Waals surface area contributed by atoms with Gasteiger partial charge in [-0.05, 0) is 12.1 Å². The van der Waals surface area contributed by atoms with E-state index in [1.807, 2.05) is 0 Å². The van der Waals surface area contributed by atoms with E-state index in [4.69, 9.17) is 10.2 Å². The molecule has 0 aliphatic rings. The zero-order valence-electron chi connectivity index (χ0n) is 7.84. The summed E-state index contributed by atoms with van der Waals surface area (Å²) in [6, 6.07) is 3.05. The Morgan fingerprint density at radius 2 is 2.36 bits per heavy atom. The summed E-state index contributed by atoms with van der Waals surface area (Å²) in [6.07, 6.45) is 1.52. The average molecular weight is 196 g/mol. The predicted molar refractivity (Wildman–Crippen MR) is 51.6 cm³/mol. The van der Waals surface area contributed by atoms with E-state index in [-0.39, 0.29) is 12.2 Å². The van der Waals surface area contributed by atoms with Gasteiger partial charge in [-0.2, -0.15) is 0 Å². The fraction of sp³-hybridized carbons (Fsp3) is 0.333. The van der Waals surface area contributed by atoms with Gasteiger partial charge in [0.1, 0.15) is 11.4 Å². The van der Waals surface area contributed by atoms with Gasteiger partial charge >= 0.3 is 5.97 Å². The molecular formula is C9H12N2O3. The molecule has 0 spiro atoms. The summed E-state index contributed by atoms with van der Waals surface area (Å²) < 4.78 is 0. The molecule has 76 valence electrons. The SMILES string of the molecule is CN(CCO)c1ncccc1C(=O)O. The van der Waals surface area contributed by atoms with E-state index in [0.29, 0.717) is 12.4 Å². The first-order valence-electron chi connectivity index (χ1n) is 4.17. The molecule has 1 aromatic heterocycles. The van der Waals surface area contributed by atoms with Crippen LogP contribution in [0.5, 0.6) is 0 Å². The van der Waals surface area contributed by atoms with Crippen molar-refractivity contribution in [2.75, 3.05) is 25.1 Å². The second-order valence-corrected chi connectivity index (χ2v) is 2.82. The van der Waals surface area contributed by atoms with Crippen molar-refractivity contribution in [2.45, 2.75) is 0 Å². The van der Waals surface area contributed by atoms with Crippen molar-refractivity contribution in [1.29, 1.82) is 0 Å². The minimum Gasteiger partial charge on any atom is -0.478 e. The number of aliphatic hydroxyl groups is 1. The van der Waals surface area contributed by atoms with E-state index in [1.54, 1.807) is 18.0 Å². The van der Waals surface area contributed by atoms with Crippen molar-refractivity contribution in [1.82, 2.24) is 4.98 Å². The Hall–Kier alpha value is -1.62. The van der Waals surface area contributed by atoms with E-state index >= 15 is 0 Å². The van der Waals surface area contributed by atoms with E-state index in [2.05, 4.69) is 4.98 Å². The van der Waals surface area contributed by atoms with Crippen LogP contribution in [0.2, 0.25) is 0 Å². The van der Waals surface area contributed by atoms with Crippen molar-refractivity contribution in [3.63, 3.8) is 0 Å². The van der Waals surface area contributed by atoms with Crippen molar-refractivity contribution >= 4 is 11.8 Å². The second kappa shape index (κ2) is 4.57. The lowest BCUT2D eigenvalue weighted by atomic mass is 10.2. The van der Waals surface area contributed by atoms with Gasteiger partial charge in [0, 0.05) is 19.8 Å². The maximum Gasteiger partial charge on any atom is 0.339 e. The van der Waals surface area contributed by atoms with Gasteiger partial charge in [-0.25, -0.2) is 9.78 Å². The molecule has 0 aromatic carbocycles. The summed E-state index contributed by atoms with van der Waals surface area (Å²) in [5.41, 5.74) is 0.142. The Labute approximate surface area is 81.6 Å². The zero-order chi connectivity index (χ0) is 10.6. The summed E-state index contributed by atoms with van der Waals surface area (Å²) in [5, 5.41) is 17.6. The third-order valence-electron chi connectivity index (χ3n) is 1.81. The van der Waals surface area contributed by atoms with E-state index in [9.17, 15) is 4.79 Å². The summed E-state index contributed by atoms with van der Waals surface area (Å²) in [5.74, 6) is -0.646. The first kappa shape index (κ1) is 10.5. The number of aromatic carboxylic acids is 1. The fourth-order valence-electron chi connectivity index (χ4n) is 1.12. The number of carboxylic acids is 1. The molecule has 1 aromatic rings. The fourth-order valence-corrected chi connectivity index (χ4v) is 1.12. The first-order valence-corrected chi connectivity index (χ1v) is 4.17. The van der Waals surface area contributed by atoms with Crippen LogP contribution in [-0.4, -0.2) is 41.4 Å². The number of anilines is 1. The van der Waals surface area contributed by atoms with Gasteiger partial charge in [0.25, 0.3) is 0 Å². The van der Waals surface area contributed by atoms with Crippen LogP contribution in [0.4, 0.5) is 5.82 Å². The number of nitrogens with zero attached hydrogens (tertiary/aromatic N) is 2. The molecule has 5 nitrogen and oxygen atoms in total. The van der Waals surface area contributed by atoms with Gasteiger partial charge in [0.05, 0.1) is 6.61 Å². The monoisotopic (exact) mass is 196 g/mol. The first-order chi connectivity index (χ1) is 6.66. The second-order valence-electron chi connectivity index (χ2n) is 2.82. The van der Waals surface area contributed by atoms with E-state index < -0.39 is 5.97 Å². The number of hydrogen-bond acceptors (Lipinski definition) is 4. The Balaban J connectivity index is 3.00. The molecule has 0 saturated heterocycles. The molecule has 2 N–H and O–H groups in total. The van der Waals surface area contributed by atoms with Crippen LogP contribution in [0.1, 0.15) is 10.4 Å². The minimum atomic E-state index is -1.02. The molecule has 5 heteroatoms. The molecule has 0 amide bonds. The minimum absolute atomic E-state index is 0.0356. The highest BCUT2D eigenvalue weighted by Crippen LogP contribution is 2.14. The molecule has 0 fully saturated rings. The van der Waals surface area contributed by atoms with Gasteiger partial charge in [0.15, 0.2) is 0 Å². The number of likely N-dealkylation sites (N-methyl/N-ethyl adjacent to an activating group) is 1. The number of pyridine rings is 1. The van der Waals surface area contributed by atoms with Crippen LogP contribution >= 0.6 is 0 Å². The molecule has 14 heavy (non-hydrogen) atoms. The summed E-state index contributed by atoms with van der Waals surface area (Å²) in [4.78, 5) is 16.4. The van der Waals surface area contributed by atoms with E-state index in [0.717, 1.165) is 0 Å². The number of hydrogen-bond donors (Lipinski definition) is 2. The normalized spacial score (nSPS) is 9.86. The van der Waals surface area contributed by atoms with Gasteiger partial charge in [0.2, 0.25) is 0 Å².